The summed E-state index contributed by atoms with van der Waals surface area (Å²) >= 11 is 6.22. The van der Waals surface area contributed by atoms with Crippen molar-refractivity contribution in [3.05, 3.63) is 64.2 Å². The van der Waals surface area contributed by atoms with Crippen molar-refractivity contribution in [1.82, 2.24) is 14.9 Å². The van der Waals surface area contributed by atoms with Gasteiger partial charge in [0.1, 0.15) is 0 Å². The summed E-state index contributed by atoms with van der Waals surface area (Å²) in [6.07, 6.45) is 0.974. The summed E-state index contributed by atoms with van der Waals surface area (Å²) in [6, 6.07) is 12.3. The molecule has 1 aliphatic heterocycles. The molecule has 1 aliphatic rings. The fourth-order valence-corrected chi connectivity index (χ4v) is 5.22. The largest absolute Gasteiger partial charge is 0.350 e. The quantitative estimate of drug-likeness (QED) is 0.657. The van der Waals surface area contributed by atoms with Gasteiger partial charge in [-0.05, 0) is 63.4 Å². The van der Waals surface area contributed by atoms with Crippen LogP contribution >= 0.6 is 11.6 Å². The molecule has 0 spiro atoms. The predicted octanol–water partition coefficient (Wildman–Crippen LogP) is 3.59. The van der Waals surface area contributed by atoms with Crippen LogP contribution in [0.25, 0.3) is 0 Å². The maximum Gasteiger partial charge on any atom is 0.252 e. The first-order valence-corrected chi connectivity index (χ1v) is 12.3. The Balaban J connectivity index is 1.71. The number of halogens is 1. The first-order valence-electron chi connectivity index (χ1n) is 10.4. The number of fused-ring (bicyclic) bond motifs is 1. The lowest BCUT2D eigenvalue weighted by Gasteiger charge is -2.41. The first kappa shape index (κ1) is 23.7. The molecule has 0 aliphatic carbocycles. The van der Waals surface area contributed by atoms with Crippen LogP contribution in [-0.2, 0) is 23.0 Å². The highest BCUT2D eigenvalue weighted by molar-refractivity contribution is 7.89. The van der Waals surface area contributed by atoms with Gasteiger partial charge in [-0.15, -0.1) is 0 Å². The van der Waals surface area contributed by atoms with Gasteiger partial charge in [0, 0.05) is 31.2 Å². The van der Waals surface area contributed by atoms with Gasteiger partial charge in [-0.1, -0.05) is 35.9 Å². The minimum atomic E-state index is -3.72. The number of hydrogen-bond donors (Lipinski definition) is 2. The van der Waals surface area contributed by atoms with E-state index in [2.05, 4.69) is 47.0 Å². The summed E-state index contributed by atoms with van der Waals surface area (Å²) in [5, 5.41) is 3.15. The van der Waals surface area contributed by atoms with Crippen LogP contribution in [0.1, 0.15) is 49.2 Å². The van der Waals surface area contributed by atoms with Crippen molar-refractivity contribution < 1.29 is 13.2 Å². The third-order valence-electron chi connectivity index (χ3n) is 5.55. The molecule has 1 amide bonds. The Labute approximate surface area is 190 Å². The van der Waals surface area contributed by atoms with E-state index in [1.165, 1.54) is 29.3 Å². The lowest BCUT2D eigenvalue weighted by atomic mass is 9.94. The van der Waals surface area contributed by atoms with E-state index in [9.17, 15) is 13.2 Å². The molecular weight excluding hydrogens is 434 g/mol. The second-order valence-corrected chi connectivity index (χ2v) is 11.0. The van der Waals surface area contributed by atoms with Gasteiger partial charge in [0.25, 0.3) is 5.91 Å². The molecular formula is C23H30ClN3O3S. The summed E-state index contributed by atoms with van der Waals surface area (Å²) in [4.78, 5) is 15.2. The van der Waals surface area contributed by atoms with Crippen molar-refractivity contribution in [2.75, 3.05) is 13.1 Å². The Morgan fingerprint density at radius 1 is 1.16 bits per heavy atom. The first-order chi connectivity index (χ1) is 14.5. The van der Waals surface area contributed by atoms with Crippen molar-refractivity contribution in [2.24, 2.45) is 0 Å². The zero-order chi connectivity index (χ0) is 22.8. The fourth-order valence-electron chi connectivity index (χ4n) is 3.74. The average Bonchev–Trinajstić information content (AvgIpc) is 2.71. The van der Waals surface area contributed by atoms with Crippen molar-refractivity contribution in [2.45, 2.75) is 57.1 Å². The molecule has 0 aromatic heterocycles. The van der Waals surface area contributed by atoms with Crippen LogP contribution in [0.3, 0.4) is 0 Å². The standard InChI is InChI=1S/C23H30ClN3O3S/c1-16(2)26-31(29,30)19-9-10-21(24)20(13-19)22(28)25-15-23(3,4)27-12-11-17-7-5-6-8-18(17)14-27/h5-10,13,16,26H,11-12,14-15H2,1-4H3,(H,25,28). The molecule has 2 aromatic carbocycles. The Hall–Kier alpha value is -1.93. The van der Waals surface area contributed by atoms with Crippen LogP contribution in [0.2, 0.25) is 5.02 Å². The topological polar surface area (TPSA) is 78.5 Å². The lowest BCUT2D eigenvalue weighted by molar-refractivity contribution is 0.0826. The Kier molecular flexibility index (Phi) is 7.11. The van der Waals surface area contributed by atoms with Gasteiger partial charge in [0.2, 0.25) is 10.0 Å². The van der Waals surface area contributed by atoms with Gasteiger partial charge in [0.15, 0.2) is 0 Å². The van der Waals surface area contributed by atoms with Crippen molar-refractivity contribution in [3.63, 3.8) is 0 Å². The van der Waals surface area contributed by atoms with E-state index in [-0.39, 0.29) is 27.1 Å². The van der Waals surface area contributed by atoms with Gasteiger partial charge in [-0.3, -0.25) is 9.69 Å². The number of rotatable bonds is 7. The van der Waals surface area contributed by atoms with Crippen molar-refractivity contribution in [3.8, 4) is 0 Å². The molecule has 8 heteroatoms. The zero-order valence-electron chi connectivity index (χ0n) is 18.4. The number of sulfonamides is 1. The maximum absolute atomic E-state index is 12.9. The molecule has 31 heavy (non-hydrogen) atoms. The van der Waals surface area contributed by atoms with Crippen LogP contribution in [-0.4, -0.2) is 43.9 Å². The molecule has 0 atom stereocenters. The molecule has 0 radical (unpaired) electrons. The Morgan fingerprint density at radius 2 is 1.84 bits per heavy atom. The lowest BCUT2D eigenvalue weighted by Crippen LogP contribution is -2.53. The summed E-state index contributed by atoms with van der Waals surface area (Å²) in [7, 11) is -3.72. The highest BCUT2D eigenvalue weighted by Gasteiger charge is 2.30. The number of carbonyl (C=O) groups excluding carboxylic acids is 1. The normalized spacial score (nSPS) is 15.0. The average molecular weight is 464 g/mol. The van der Waals surface area contributed by atoms with Gasteiger partial charge >= 0.3 is 0 Å². The summed E-state index contributed by atoms with van der Waals surface area (Å²) < 4.78 is 27.4. The van der Waals surface area contributed by atoms with Crippen molar-refractivity contribution in [1.29, 1.82) is 0 Å². The van der Waals surface area contributed by atoms with E-state index in [4.69, 9.17) is 11.6 Å². The molecule has 1 heterocycles. The highest BCUT2D eigenvalue weighted by Crippen LogP contribution is 2.26. The second-order valence-electron chi connectivity index (χ2n) is 8.85. The maximum atomic E-state index is 12.9. The number of benzene rings is 2. The monoisotopic (exact) mass is 463 g/mol. The minimum Gasteiger partial charge on any atom is -0.350 e. The molecule has 2 aromatic rings. The van der Waals surface area contributed by atoms with Crippen LogP contribution in [0.15, 0.2) is 47.4 Å². The Morgan fingerprint density at radius 3 is 2.52 bits per heavy atom. The van der Waals surface area contributed by atoms with E-state index >= 15 is 0 Å². The van der Waals surface area contributed by atoms with E-state index in [1.54, 1.807) is 13.8 Å². The van der Waals surface area contributed by atoms with Crippen LogP contribution < -0.4 is 10.0 Å². The summed E-state index contributed by atoms with van der Waals surface area (Å²) in [5.74, 6) is -0.392. The minimum absolute atomic E-state index is 0.0163. The van der Waals surface area contributed by atoms with Crippen molar-refractivity contribution >= 4 is 27.5 Å². The fraction of sp³-hybridized carbons (Fsp3) is 0.435. The number of carbonyl (C=O) groups is 1. The zero-order valence-corrected chi connectivity index (χ0v) is 20.0. The third kappa shape index (κ3) is 5.66. The molecule has 0 saturated heterocycles. The molecule has 0 bridgehead atoms. The third-order valence-corrected chi connectivity index (χ3v) is 7.54. The predicted molar refractivity (Wildman–Crippen MR) is 124 cm³/mol. The molecule has 6 nitrogen and oxygen atoms in total. The Bertz CT molecular complexity index is 1070. The van der Waals surface area contributed by atoms with E-state index in [1.807, 2.05) is 6.07 Å². The van der Waals surface area contributed by atoms with Crippen LogP contribution in [0.4, 0.5) is 0 Å². The summed E-state index contributed by atoms with van der Waals surface area (Å²) in [5.41, 5.74) is 2.55. The van der Waals surface area contributed by atoms with Gasteiger partial charge < -0.3 is 5.32 Å². The number of hydrogen-bond acceptors (Lipinski definition) is 4. The SMILES string of the molecule is CC(C)NS(=O)(=O)c1ccc(Cl)c(C(=O)NCC(C)(C)N2CCc3ccccc3C2)c1. The molecule has 0 unspecified atom stereocenters. The molecule has 0 fully saturated rings. The van der Waals surface area contributed by atoms with Gasteiger partial charge in [-0.25, -0.2) is 13.1 Å². The van der Waals surface area contributed by atoms with Crippen LogP contribution in [0, 0.1) is 0 Å². The molecule has 0 saturated carbocycles. The summed E-state index contributed by atoms with van der Waals surface area (Å²) in [6.45, 7) is 9.81. The van der Waals surface area contributed by atoms with Gasteiger partial charge in [0.05, 0.1) is 15.5 Å². The molecule has 2 N–H and O–H groups in total. The molecule has 168 valence electrons. The number of nitrogens with zero attached hydrogens (tertiary/aromatic N) is 1. The van der Waals surface area contributed by atoms with Gasteiger partial charge in [-0.2, -0.15) is 0 Å². The van der Waals surface area contributed by atoms with E-state index < -0.39 is 15.9 Å². The number of amides is 1. The highest BCUT2D eigenvalue weighted by atomic mass is 35.5. The number of nitrogens with one attached hydrogen (secondary N) is 2. The van der Waals surface area contributed by atoms with E-state index in [0.29, 0.717) is 6.54 Å². The smallest absolute Gasteiger partial charge is 0.252 e. The second kappa shape index (κ2) is 9.28. The van der Waals surface area contributed by atoms with Crippen LogP contribution in [0.5, 0.6) is 0 Å². The molecule has 3 rings (SSSR count). The van der Waals surface area contributed by atoms with E-state index in [0.717, 1.165) is 19.5 Å².